The molecule has 2 N–H and O–H groups in total. The molecule has 0 bridgehead atoms. The van der Waals surface area contributed by atoms with E-state index in [1.165, 1.54) is 20.9 Å². The lowest BCUT2D eigenvalue weighted by Crippen LogP contribution is -2.22. The van der Waals surface area contributed by atoms with Gasteiger partial charge in [-0.15, -0.1) is 0 Å². The van der Waals surface area contributed by atoms with Gasteiger partial charge < -0.3 is 14.9 Å². The molecule has 0 aliphatic rings. The Labute approximate surface area is 264 Å². The SMILES string of the molecule is CCCCOc1ccc2c(-c3ccccc3)cc(C(=O)O)c(=O)n2c1.O=C(O)c1cc(Cc2ccccc2)c2ccccn2c1=O. The van der Waals surface area contributed by atoms with Gasteiger partial charge in [0.15, 0.2) is 0 Å². The first kappa shape index (κ1) is 31.5. The second-order valence-electron chi connectivity index (χ2n) is 10.6. The van der Waals surface area contributed by atoms with Crippen molar-refractivity contribution >= 4 is 23.0 Å². The Hall–Kier alpha value is -5.96. The summed E-state index contributed by atoms with van der Waals surface area (Å²) in [5, 5.41) is 18.6. The van der Waals surface area contributed by atoms with Crippen LogP contribution < -0.4 is 15.9 Å². The van der Waals surface area contributed by atoms with Crippen LogP contribution in [-0.4, -0.2) is 37.6 Å². The van der Waals surface area contributed by atoms with Crippen molar-refractivity contribution in [1.29, 1.82) is 0 Å². The summed E-state index contributed by atoms with van der Waals surface area (Å²) >= 11 is 0. The number of unbranched alkanes of at least 4 members (excludes halogenated alkanes) is 1. The molecule has 46 heavy (non-hydrogen) atoms. The van der Waals surface area contributed by atoms with E-state index >= 15 is 0 Å². The number of rotatable bonds is 9. The summed E-state index contributed by atoms with van der Waals surface area (Å²) in [5.41, 5.74) is 3.27. The number of ether oxygens (including phenoxy) is 1. The van der Waals surface area contributed by atoms with Gasteiger partial charge in [0.05, 0.1) is 23.8 Å². The maximum Gasteiger partial charge on any atom is 0.341 e. The van der Waals surface area contributed by atoms with Crippen LogP contribution in [0.3, 0.4) is 0 Å². The average molecular weight is 617 g/mol. The van der Waals surface area contributed by atoms with Crippen molar-refractivity contribution in [2.75, 3.05) is 6.61 Å². The maximum absolute atomic E-state index is 12.6. The molecule has 9 nitrogen and oxygen atoms in total. The zero-order chi connectivity index (χ0) is 32.6. The average Bonchev–Trinajstić information content (AvgIpc) is 3.07. The fourth-order valence-electron chi connectivity index (χ4n) is 5.13. The molecule has 0 atom stereocenters. The highest BCUT2D eigenvalue weighted by Gasteiger charge is 2.17. The molecule has 4 heterocycles. The first-order chi connectivity index (χ1) is 22.3. The molecule has 4 aromatic heterocycles. The number of benzene rings is 2. The lowest BCUT2D eigenvalue weighted by Gasteiger charge is -2.12. The molecule has 0 amide bonds. The highest BCUT2D eigenvalue weighted by Crippen LogP contribution is 2.26. The van der Waals surface area contributed by atoms with E-state index in [9.17, 15) is 29.4 Å². The normalized spacial score (nSPS) is 10.7. The van der Waals surface area contributed by atoms with E-state index in [1.54, 1.807) is 30.6 Å². The first-order valence-corrected chi connectivity index (χ1v) is 14.8. The Kier molecular flexibility index (Phi) is 9.72. The molecule has 0 unspecified atom stereocenters. The summed E-state index contributed by atoms with van der Waals surface area (Å²) in [6, 6.07) is 31.0. The minimum absolute atomic E-state index is 0.204. The third-order valence-electron chi connectivity index (χ3n) is 7.44. The Morgan fingerprint density at radius 3 is 2.02 bits per heavy atom. The van der Waals surface area contributed by atoms with Crippen LogP contribution in [0.25, 0.3) is 22.2 Å². The maximum atomic E-state index is 12.6. The highest BCUT2D eigenvalue weighted by atomic mass is 16.5. The number of aromatic nitrogens is 2. The summed E-state index contributed by atoms with van der Waals surface area (Å²) < 4.78 is 8.39. The minimum atomic E-state index is -1.24. The van der Waals surface area contributed by atoms with Gasteiger partial charge in [-0.2, -0.15) is 0 Å². The Bertz CT molecular complexity index is 2140. The summed E-state index contributed by atoms with van der Waals surface area (Å²) in [5.74, 6) is -1.90. The van der Waals surface area contributed by atoms with Gasteiger partial charge in [-0.3, -0.25) is 18.4 Å². The van der Waals surface area contributed by atoms with Gasteiger partial charge in [0.2, 0.25) is 0 Å². The molecular formula is C37H32N2O7. The van der Waals surface area contributed by atoms with Gasteiger partial charge in [-0.25, -0.2) is 9.59 Å². The predicted molar refractivity (Wildman–Crippen MR) is 176 cm³/mol. The minimum Gasteiger partial charge on any atom is -0.492 e. The van der Waals surface area contributed by atoms with Crippen LogP contribution in [0.5, 0.6) is 5.75 Å². The van der Waals surface area contributed by atoms with Crippen molar-refractivity contribution in [3.05, 3.63) is 158 Å². The molecule has 2 aromatic carbocycles. The van der Waals surface area contributed by atoms with E-state index in [0.29, 0.717) is 29.9 Å². The number of carbonyl (C=O) groups is 2. The summed E-state index contributed by atoms with van der Waals surface area (Å²) in [6.45, 7) is 2.63. The Morgan fingerprint density at radius 1 is 0.717 bits per heavy atom. The van der Waals surface area contributed by atoms with Crippen molar-refractivity contribution in [1.82, 2.24) is 8.80 Å². The molecule has 0 aliphatic carbocycles. The van der Waals surface area contributed by atoms with Crippen LogP contribution in [0.4, 0.5) is 0 Å². The molecule has 0 radical (unpaired) electrons. The zero-order valence-electron chi connectivity index (χ0n) is 25.1. The molecule has 6 rings (SSSR count). The molecule has 9 heteroatoms. The number of carboxylic acids is 2. The fourth-order valence-corrected chi connectivity index (χ4v) is 5.13. The van der Waals surface area contributed by atoms with Crippen LogP contribution in [0.15, 0.2) is 125 Å². The van der Waals surface area contributed by atoms with E-state index in [0.717, 1.165) is 35.0 Å². The van der Waals surface area contributed by atoms with Crippen LogP contribution in [0.1, 0.15) is 51.6 Å². The number of hydrogen-bond acceptors (Lipinski definition) is 5. The van der Waals surface area contributed by atoms with E-state index < -0.39 is 23.1 Å². The topological polar surface area (TPSA) is 127 Å². The summed E-state index contributed by atoms with van der Waals surface area (Å²) in [4.78, 5) is 47.5. The number of carboxylic acid groups (broad SMARTS) is 2. The van der Waals surface area contributed by atoms with Gasteiger partial charge in [-0.05, 0) is 65.9 Å². The highest BCUT2D eigenvalue weighted by molar-refractivity contribution is 5.92. The summed E-state index contributed by atoms with van der Waals surface area (Å²) in [6.07, 6.45) is 5.66. The van der Waals surface area contributed by atoms with Gasteiger partial charge >= 0.3 is 11.9 Å². The van der Waals surface area contributed by atoms with Gasteiger partial charge in [-0.1, -0.05) is 80.1 Å². The van der Waals surface area contributed by atoms with E-state index in [-0.39, 0.29) is 11.1 Å². The lowest BCUT2D eigenvalue weighted by atomic mass is 10.0. The molecule has 0 spiro atoms. The van der Waals surface area contributed by atoms with Crippen molar-refractivity contribution < 1.29 is 24.5 Å². The van der Waals surface area contributed by atoms with Crippen LogP contribution in [0, 0.1) is 0 Å². The van der Waals surface area contributed by atoms with Gasteiger partial charge in [0.1, 0.15) is 16.9 Å². The number of nitrogens with zero attached hydrogens (tertiary/aromatic N) is 2. The monoisotopic (exact) mass is 616 g/mol. The van der Waals surface area contributed by atoms with E-state index in [2.05, 4.69) is 6.92 Å². The molecule has 232 valence electrons. The first-order valence-electron chi connectivity index (χ1n) is 14.8. The number of pyridine rings is 4. The number of fused-ring (bicyclic) bond motifs is 2. The van der Waals surface area contributed by atoms with Crippen LogP contribution in [0.2, 0.25) is 0 Å². The number of aromatic carboxylic acids is 2. The van der Waals surface area contributed by atoms with E-state index in [4.69, 9.17) is 4.74 Å². The molecule has 0 saturated heterocycles. The van der Waals surface area contributed by atoms with Crippen LogP contribution in [-0.2, 0) is 6.42 Å². The van der Waals surface area contributed by atoms with E-state index in [1.807, 2.05) is 72.8 Å². The van der Waals surface area contributed by atoms with Crippen molar-refractivity contribution in [2.24, 2.45) is 0 Å². The molecule has 6 aromatic rings. The molecule has 0 aliphatic heterocycles. The van der Waals surface area contributed by atoms with Crippen LogP contribution >= 0.6 is 0 Å². The quantitative estimate of drug-likeness (QED) is 0.179. The third-order valence-corrected chi connectivity index (χ3v) is 7.44. The standard InChI is InChI=1S/C20H19NO4.C17H13NO3/c1-2-3-11-25-15-9-10-18-16(14-7-5-4-6-8-14)12-17(20(23)24)19(22)21(18)13-15;19-16-14(17(20)21)11-13(10-12-6-2-1-3-7-12)15-8-4-5-9-18(15)16/h4-10,12-13H,2-3,11H2,1H3,(H,23,24);1-9,11H,10H2,(H,20,21). The second-order valence-corrected chi connectivity index (χ2v) is 10.6. The Morgan fingerprint density at radius 2 is 1.35 bits per heavy atom. The predicted octanol–water partition coefficient (Wildman–Crippen LogP) is 6.43. The molecule has 0 saturated carbocycles. The summed E-state index contributed by atoms with van der Waals surface area (Å²) in [7, 11) is 0. The largest absolute Gasteiger partial charge is 0.492 e. The fraction of sp³-hybridized carbons (Fsp3) is 0.135. The third kappa shape index (κ3) is 6.89. The van der Waals surface area contributed by atoms with Crippen molar-refractivity contribution in [2.45, 2.75) is 26.2 Å². The lowest BCUT2D eigenvalue weighted by molar-refractivity contribution is 0.0684. The second kappa shape index (κ2) is 14.2. The Balaban J connectivity index is 0.000000184. The molecule has 0 fully saturated rings. The smallest absolute Gasteiger partial charge is 0.341 e. The number of hydrogen-bond donors (Lipinski definition) is 2. The van der Waals surface area contributed by atoms with Gasteiger partial charge in [0, 0.05) is 11.8 Å². The van der Waals surface area contributed by atoms with Crippen molar-refractivity contribution in [3.63, 3.8) is 0 Å². The van der Waals surface area contributed by atoms with Gasteiger partial charge in [0.25, 0.3) is 11.1 Å². The van der Waals surface area contributed by atoms with Crippen molar-refractivity contribution in [3.8, 4) is 16.9 Å². The molecular weight excluding hydrogens is 584 g/mol. The zero-order valence-corrected chi connectivity index (χ0v) is 25.1.